The number of benzene rings is 1. The van der Waals surface area contributed by atoms with Crippen LogP contribution in [0.2, 0.25) is 5.02 Å². The van der Waals surface area contributed by atoms with Crippen molar-refractivity contribution >= 4 is 34.4 Å². The van der Waals surface area contributed by atoms with E-state index in [0.29, 0.717) is 17.3 Å². The van der Waals surface area contributed by atoms with Crippen LogP contribution in [-0.2, 0) is 6.54 Å². The van der Waals surface area contributed by atoms with E-state index in [0.717, 1.165) is 17.3 Å². The second-order valence-corrected chi connectivity index (χ2v) is 4.66. The van der Waals surface area contributed by atoms with Crippen molar-refractivity contribution in [3.63, 3.8) is 0 Å². The topological polar surface area (TPSA) is 86.4 Å². The molecule has 5 nitrogen and oxygen atoms in total. The van der Waals surface area contributed by atoms with Crippen LogP contribution in [0.1, 0.15) is 23.8 Å². The zero-order valence-corrected chi connectivity index (χ0v) is 11.3. The molecule has 0 aliphatic carbocycles. The number of hydrogen-bond acceptors (Lipinski definition) is 1. The first-order chi connectivity index (χ1) is 9.02. The molecule has 2 rings (SSSR count). The van der Waals surface area contributed by atoms with Gasteiger partial charge in [-0.25, -0.2) is 0 Å². The lowest BCUT2D eigenvalue weighted by Gasteiger charge is -2.06. The van der Waals surface area contributed by atoms with Gasteiger partial charge in [-0.2, -0.15) is 4.99 Å². The van der Waals surface area contributed by atoms with Gasteiger partial charge in [0.1, 0.15) is 5.69 Å². The summed E-state index contributed by atoms with van der Waals surface area (Å²) < 4.78 is 1.90. The number of carbonyl (C=O) groups excluding carboxylic acids is 1. The van der Waals surface area contributed by atoms with Crippen molar-refractivity contribution in [3.05, 3.63) is 35.0 Å². The number of hydrogen-bond donors (Lipinski definition) is 2. The summed E-state index contributed by atoms with van der Waals surface area (Å²) in [6.45, 7) is 2.75. The van der Waals surface area contributed by atoms with E-state index in [2.05, 4.69) is 4.99 Å². The molecule has 0 radical (unpaired) electrons. The molecule has 19 heavy (non-hydrogen) atoms. The van der Waals surface area contributed by atoms with Crippen LogP contribution in [0, 0.1) is 0 Å². The SMILES string of the molecule is CCCn1c(C(=O)N=C(N)N)cc2cc(Cl)ccc21. The molecule has 1 heterocycles. The molecule has 0 aliphatic heterocycles. The van der Waals surface area contributed by atoms with Crippen molar-refractivity contribution < 1.29 is 4.79 Å². The molecule has 6 heteroatoms. The number of amides is 1. The second-order valence-electron chi connectivity index (χ2n) is 4.23. The van der Waals surface area contributed by atoms with Gasteiger partial charge in [-0.3, -0.25) is 4.79 Å². The molecule has 1 aromatic heterocycles. The first-order valence-corrected chi connectivity index (χ1v) is 6.33. The van der Waals surface area contributed by atoms with E-state index in [1.54, 1.807) is 12.1 Å². The van der Waals surface area contributed by atoms with Crippen LogP contribution in [0.4, 0.5) is 0 Å². The number of halogens is 1. The lowest BCUT2D eigenvalue weighted by Crippen LogP contribution is -2.24. The van der Waals surface area contributed by atoms with E-state index < -0.39 is 5.91 Å². The van der Waals surface area contributed by atoms with E-state index in [-0.39, 0.29) is 5.96 Å². The average Bonchev–Trinajstić information content (AvgIpc) is 2.67. The predicted octanol–water partition coefficient (Wildman–Crippen LogP) is 2.12. The minimum Gasteiger partial charge on any atom is -0.370 e. The van der Waals surface area contributed by atoms with Gasteiger partial charge in [0.25, 0.3) is 5.91 Å². The molecule has 2 aromatic rings. The van der Waals surface area contributed by atoms with Crippen LogP contribution in [0.5, 0.6) is 0 Å². The van der Waals surface area contributed by atoms with E-state index >= 15 is 0 Å². The lowest BCUT2D eigenvalue weighted by molar-refractivity contribution is 0.0994. The molecule has 0 atom stereocenters. The maximum atomic E-state index is 12.0. The van der Waals surface area contributed by atoms with Crippen molar-refractivity contribution in [2.45, 2.75) is 19.9 Å². The third kappa shape index (κ3) is 2.71. The van der Waals surface area contributed by atoms with Gasteiger partial charge in [-0.1, -0.05) is 18.5 Å². The van der Waals surface area contributed by atoms with Gasteiger partial charge in [0, 0.05) is 22.5 Å². The van der Waals surface area contributed by atoms with Crippen molar-refractivity contribution in [1.29, 1.82) is 0 Å². The number of carbonyl (C=O) groups is 1. The molecule has 0 spiro atoms. The molecule has 0 saturated carbocycles. The first-order valence-electron chi connectivity index (χ1n) is 5.95. The fourth-order valence-electron chi connectivity index (χ4n) is 2.06. The Labute approximate surface area is 115 Å². The fraction of sp³-hybridized carbons (Fsp3) is 0.231. The van der Waals surface area contributed by atoms with Crippen molar-refractivity contribution in [2.24, 2.45) is 16.5 Å². The Morgan fingerprint density at radius 2 is 2.11 bits per heavy atom. The molecule has 0 unspecified atom stereocenters. The number of rotatable bonds is 3. The molecule has 4 N–H and O–H groups in total. The summed E-state index contributed by atoms with van der Waals surface area (Å²) in [4.78, 5) is 15.6. The van der Waals surface area contributed by atoms with Gasteiger partial charge in [-0.15, -0.1) is 0 Å². The molecule has 0 saturated heterocycles. The van der Waals surface area contributed by atoms with Gasteiger partial charge in [0.2, 0.25) is 0 Å². The Morgan fingerprint density at radius 1 is 1.37 bits per heavy atom. The van der Waals surface area contributed by atoms with E-state index in [1.807, 2.05) is 23.6 Å². The lowest BCUT2D eigenvalue weighted by atomic mass is 10.2. The number of guanidine groups is 1. The Hall–Kier alpha value is -2.01. The van der Waals surface area contributed by atoms with Crippen LogP contribution in [0.3, 0.4) is 0 Å². The highest BCUT2D eigenvalue weighted by Gasteiger charge is 2.15. The predicted molar refractivity (Wildman–Crippen MR) is 77.4 cm³/mol. The molecule has 0 fully saturated rings. The first kappa shape index (κ1) is 13.4. The van der Waals surface area contributed by atoms with Crippen LogP contribution < -0.4 is 11.5 Å². The van der Waals surface area contributed by atoms with Crippen LogP contribution in [0.15, 0.2) is 29.3 Å². The molecule has 100 valence electrons. The summed E-state index contributed by atoms with van der Waals surface area (Å²) in [7, 11) is 0. The highest BCUT2D eigenvalue weighted by atomic mass is 35.5. The molecule has 0 bridgehead atoms. The number of aliphatic imine (C=N–C) groups is 1. The molecule has 1 amide bonds. The van der Waals surface area contributed by atoms with Crippen molar-refractivity contribution in [3.8, 4) is 0 Å². The van der Waals surface area contributed by atoms with E-state index in [9.17, 15) is 4.79 Å². The standard InChI is InChI=1S/C13H15ClN4O/c1-2-5-18-10-4-3-9(14)6-8(10)7-11(18)12(19)17-13(15)16/h3-4,6-7H,2,5H2,1H3,(H4,15,16,17,19). The van der Waals surface area contributed by atoms with Crippen LogP contribution in [-0.4, -0.2) is 16.4 Å². The van der Waals surface area contributed by atoms with E-state index in [4.69, 9.17) is 23.1 Å². The number of aromatic nitrogens is 1. The van der Waals surface area contributed by atoms with Gasteiger partial charge in [-0.05, 0) is 30.7 Å². The maximum absolute atomic E-state index is 12.0. The Kier molecular flexibility index (Phi) is 3.76. The Bertz CT molecular complexity index is 656. The monoisotopic (exact) mass is 278 g/mol. The normalized spacial score (nSPS) is 10.6. The van der Waals surface area contributed by atoms with Gasteiger partial charge < -0.3 is 16.0 Å². The number of nitrogens with two attached hydrogens (primary N) is 2. The summed E-state index contributed by atoms with van der Waals surface area (Å²) in [6, 6.07) is 7.26. The summed E-state index contributed by atoms with van der Waals surface area (Å²) in [6.07, 6.45) is 0.897. The van der Waals surface area contributed by atoms with Crippen molar-refractivity contribution in [2.75, 3.05) is 0 Å². The van der Waals surface area contributed by atoms with Crippen molar-refractivity contribution in [1.82, 2.24) is 4.57 Å². The zero-order valence-electron chi connectivity index (χ0n) is 10.6. The highest BCUT2D eigenvalue weighted by Crippen LogP contribution is 2.24. The smallest absolute Gasteiger partial charge is 0.296 e. The molecule has 1 aromatic carbocycles. The number of nitrogens with zero attached hydrogens (tertiary/aromatic N) is 2. The van der Waals surface area contributed by atoms with Gasteiger partial charge in [0.15, 0.2) is 5.96 Å². The zero-order chi connectivity index (χ0) is 14.0. The molecular formula is C13H15ClN4O. The largest absolute Gasteiger partial charge is 0.370 e. The molecule has 0 aliphatic rings. The maximum Gasteiger partial charge on any atom is 0.296 e. The minimum atomic E-state index is -0.444. The van der Waals surface area contributed by atoms with Gasteiger partial charge >= 0.3 is 0 Å². The summed E-state index contributed by atoms with van der Waals surface area (Å²) >= 11 is 5.96. The molecular weight excluding hydrogens is 264 g/mol. The third-order valence-electron chi connectivity index (χ3n) is 2.76. The Balaban J connectivity index is 2.62. The van der Waals surface area contributed by atoms with Crippen LogP contribution >= 0.6 is 11.6 Å². The minimum absolute atomic E-state index is 0.240. The fourth-order valence-corrected chi connectivity index (χ4v) is 2.24. The van der Waals surface area contributed by atoms with Crippen LogP contribution in [0.25, 0.3) is 10.9 Å². The summed E-state index contributed by atoms with van der Waals surface area (Å²) in [5.74, 6) is -0.683. The average molecular weight is 279 g/mol. The van der Waals surface area contributed by atoms with E-state index in [1.165, 1.54) is 0 Å². The number of aryl methyl sites for hydroxylation is 1. The highest BCUT2D eigenvalue weighted by molar-refractivity contribution is 6.31. The quantitative estimate of drug-likeness (QED) is 0.666. The summed E-state index contributed by atoms with van der Waals surface area (Å²) in [5, 5.41) is 1.53. The second kappa shape index (κ2) is 5.32. The third-order valence-corrected chi connectivity index (χ3v) is 3.00. The Morgan fingerprint density at radius 3 is 2.74 bits per heavy atom. The van der Waals surface area contributed by atoms with Gasteiger partial charge in [0.05, 0.1) is 0 Å². The summed E-state index contributed by atoms with van der Waals surface area (Å²) in [5.41, 5.74) is 11.9. The number of fused-ring (bicyclic) bond motifs is 1.